The Kier molecular flexibility index (Phi) is 4.23. The number of primary amides is 1. The molecule has 0 fully saturated rings. The van der Waals surface area contributed by atoms with Gasteiger partial charge in [-0.25, -0.2) is 9.18 Å². The molecule has 2 aromatic rings. The number of anilines is 2. The quantitative estimate of drug-likeness (QED) is 0.787. The summed E-state index contributed by atoms with van der Waals surface area (Å²) in [5, 5.41) is 11.7. The van der Waals surface area contributed by atoms with Gasteiger partial charge in [0.25, 0.3) is 0 Å². The van der Waals surface area contributed by atoms with Gasteiger partial charge >= 0.3 is 5.97 Å². The zero-order valence-electron chi connectivity index (χ0n) is 10.6. The topological polar surface area (TPSA) is 92.4 Å². The Hall–Kier alpha value is -2.41. The second-order valence-corrected chi connectivity index (χ2v) is 5.04. The van der Waals surface area contributed by atoms with Gasteiger partial charge in [0, 0.05) is 10.0 Å². The van der Waals surface area contributed by atoms with Crippen LogP contribution in [0.4, 0.5) is 15.8 Å². The van der Waals surface area contributed by atoms with E-state index < -0.39 is 17.7 Å². The number of hydrogen-bond acceptors (Lipinski definition) is 3. The standard InChI is InChI=1S/C14H10BrFN2O3/c15-9-5-8(14(20)21)2-3-11(9)18-12-4-1-7(13(17)19)6-10(12)16/h1-6,18H,(H2,17,19)(H,20,21). The van der Waals surface area contributed by atoms with Crippen molar-refractivity contribution in [1.29, 1.82) is 0 Å². The molecule has 0 bridgehead atoms. The molecule has 0 saturated carbocycles. The highest BCUT2D eigenvalue weighted by Gasteiger charge is 2.10. The number of benzene rings is 2. The Bertz CT molecular complexity index is 673. The number of carboxylic acids is 1. The molecule has 0 unspecified atom stereocenters. The number of nitrogens with one attached hydrogen (secondary N) is 1. The van der Waals surface area contributed by atoms with E-state index in [0.29, 0.717) is 10.2 Å². The number of carbonyl (C=O) groups is 2. The van der Waals surface area contributed by atoms with E-state index in [0.717, 1.165) is 6.07 Å². The van der Waals surface area contributed by atoms with Crippen molar-refractivity contribution >= 4 is 39.2 Å². The van der Waals surface area contributed by atoms with Gasteiger partial charge in [-0.15, -0.1) is 0 Å². The Morgan fingerprint density at radius 2 is 1.71 bits per heavy atom. The van der Waals surface area contributed by atoms with Crippen LogP contribution in [0.2, 0.25) is 0 Å². The van der Waals surface area contributed by atoms with Crippen LogP contribution < -0.4 is 11.1 Å². The van der Waals surface area contributed by atoms with Gasteiger partial charge in [0.15, 0.2) is 0 Å². The van der Waals surface area contributed by atoms with Crippen molar-refractivity contribution in [2.45, 2.75) is 0 Å². The summed E-state index contributed by atoms with van der Waals surface area (Å²) in [6, 6.07) is 8.12. The number of carboxylic acid groups (broad SMARTS) is 1. The number of rotatable bonds is 4. The van der Waals surface area contributed by atoms with Gasteiger partial charge in [-0.3, -0.25) is 4.79 Å². The first-order valence-electron chi connectivity index (χ1n) is 5.77. The maximum Gasteiger partial charge on any atom is 0.335 e. The van der Waals surface area contributed by atoms with Crippen molar-refractivity contribution in [1.82, 2.24) is 0 Å². The summed E-state index contributed by atoms with van der Waals surface area (Å²) in [6.45, 7) is 0. The normalized spacial score (nSPS) is 10.2. The van der Waals surface area contributed by atoms with Crippen LogP contribution in [-0.2, 0) is 0 Å². The Morgan fingerprint density at radius 3 is 2.24 bits per heavy atom. The fourth-order valence-electron chi connectivity index (χ4n) is 1.66. The second kappa shape index (κ2) is 5.92. The summed E-state index contributed by atoms with van der Waals surface area (Å²) in [5.41, 5.74) is 5.88. The molecule has 2 rings (SSSR count). The van der Waals surface area contributed by atoms with Gasteiger partial charge in [0.2, 0.25) is 5.91 Å². The zero-order valence-corrected chi connectivity index (χ0v) is 12.1. The molecule has 0 aliphatic heterocycles. The van der Waals surface area contributed by atoms with E-state index in [1.54, 1.807) is 0 Å². The molecule has 0 saturated heterocycles. The monoisotopic (exact) mass is 352 g/mol. The minimum absolute atomic E-state index is 0.0679. The molecule has 2 aromatic carbocycles. The SMILES string of the molecule is NC(=O)c1ccc(Nc2ccc(C(=O)O)cc2Br)c(F)c1. The van der Waals surface area contributed by atoms with E-state index >= 15 is 0 Å². The van der Waals surface area contributed by atoms with Crippen LogP contribution in [0, 0.1) is 5.82 Å². The molecular formula is C14H10BrFN2O3. The summed E-state index contributed by atoms with van der Waals surface area (Å²) in [7, 11) is 0. The Morgan fingerprint density at radius 1 is 1.10 bits per heavy atom. The van der Waals surface area contributed by atoms with Crippen LogP contribution in [0.3, 0.4) is 0 Å². The van der Waals surface area contributed by atoms with E-state index in [1.807, 2.05) is 0 Å². The number of carbonyl (C=O) groups excluding carboxylic acids is 1. The van der Waals surface area contributed by atoms with Crippen molar-refractivity contribution in [3.05, 3.63) is 57.8 Å². The van der Waals surface area contributed by atoms with E-state index in [9.17, 15) is 14.0 Å². The molecule has 0 aromatic heterocycles. The highest BCUT2D eigenvalue weighted by atomic mass is 79.9. The van der Waals surface area contributed by atoms with Gasteiger partial charge in [-0.05, 0) is 52.3 Å². The van der Waals surface area contributed by atoms with Crippen LogP contribution in [0.25, 0.3) is 0 Å². The van der Waals surface area contributed by atoms with Crippen molar-refractivity contribution in [3.63, 3.8) is 0 Å². The van der Waals surface area contributed by atoms with Gasteiger partial charge in [0.05, 0.1) is 16.9 Å². The highest BCUT2D eigenvalue weighted by molar-refractivity contribution is 9.10. The highest BCUT2D eigenvalue weighted by Crippen LogP contribution is 2.28. The molecule has 0 aliphatic rings. The van der Waals surface area contributed by atoms with E-state index in [1.165, 1.54) is 30.3 Å². The van der Waals surface area contributed by atoms with E-state index in [-0.39, 0.29) is 16.8 Å². The molecule has 0 atom stereocenters. The molecular weight excluding hydrogens is 343 g/mol. The first kappa shape index (κ1) is 15.0. The second-order valence-electron chi connectivity index (χ2n) is 4.18. The summed E-state index contributed by atoms with van der Waals surface area (Å²) in [5.74, 6) is -2.41. The summed E-state index contributed by atoms with van der Waals surface area (Å²) >= 11 is 3.21. The summed E-state index contributed by atoms with van der Waals surface area (Å²) < 4.78 is 14.3. The predicted molar refractivity (Wildman–Crippen MR) is 79.3 cm³/mol. The maximum absolute atomic E-state index is 13.9. The fraction of sp³-hybridized carbons (Fsp3) is 0. The largest absolute Gasteiger partial charge is 0.478 e. The van der Waals surface area contributed by atoms with Crippen LogP contribution in [-0.4, -0.2) is 17.0 Å². The third kappa shape index (κ3) is 3.38. The lowest BCUT2D eigenvalue weighted by molar-refractivity contribution is 0.0696. The molecule has 0 spiro atoms. The molecule has 108 valence electrons. The smallest absolute Gasteiger partial charge is 0.335 e. The molecule has 1 amide bonds. The van der Waals surface area contributed by atoms with Crippen molar-refractivity contribution in [2.24, 2.45) is 5.73 Å². The third-order valence-corrected chi connectivity index (χ3v) is 3.40. The van der Waals surface area contributed by atoms with Crippen LogP contribution >= 0.6 is 15.9 Å². The number of amides is 1. The molecule has 21 heavy (non-hydrogen) atoms. The molecule has 0 heterocycles. The lowest BCUT2D eigenvalue weighted by atomic mass is 10.1. The fourth-order valence-corrected chi connectivity index (χ4v) is 2.14. The zero-order chi connectivity index (χ0) is 15.6. The lowest BCUT2D eigenvalue weighted by Gasteiger charge is -2.10. The first-order valence-corrected chi connectivity index (χ1v) is 6.57. The minimum atomic E-state index is -1.06. The van der Waals surface area contributed by atoms with Crippen LogP contribution in [0.5, 0.6) is 0 Å². The van der Waals surface area contributed by atoms with Crippen molar-refractivity contribution in [2.75, 3.05) is 5.32 Å². The molecule has 4 N–H and O–H groups in total. The Balaban J connectivity index is 2.30. The van der Waals surface area contributed by atoms with Gasteiger partial charge in [-0.2, -0.15) is 0 Å². The van der Waals surface area contributed by atoms with Gasteiger partial charge in [0.1, 0.15) is 5.82 Å². The van der Waals surface area contributed by atoms with Crippen molar-refractivity contribution < 1.29 is 19.1 Å². The molecule has 0 radical (unpaired) electrons. The van der Waals surface area contributed by atoms with Crippen molar-refractivity contribution in [3.8, 4) is 0 Å². The number of halogens is 2. The first-order chi connectivity index (χ1) is 9.88. The molecule has 5 nitrogen and oxygen atoms in total. The minimum Gasteiger partial charge on any atom is -0.478 e. The summed E-state index contributed by atoms with van der Waals surface area (Å²) in [6.07, 6.45) is 0. The molecule has 0 aliphatic carbocycles. The van der Waals surface area contributed by atoms with E-state index in [2.05, 4.69) is 21.2 Å². The van der Waals surface area contributed by atoms with Gasteiger partial charge < -0.3 is 16.2 Å². The maximum atomic E-state index is 13.9. The van der Waals surface area contributed by atoms with Crippen LogP contribution in [0.1, 0.15) is 20.7 Å². The van der Waals surface area contributed by atoms with Crippen LogP contribution in [0.15, 0.2) is 40.9 Å². The van der Waals surface area contributed by atoms with E-state index in [4.69, 9.17) is 10.8 Å². The number of hydrogen-bond donors (Lipinski definition) is 3. The average molecular weight is 353 g/mol. The molecule has 7 heteroatoms. The average Bonchev–Trinajstić information content (AvgIpc) is 2.42. The predicted octanol–water partition coefficient (Wildman–Crippen LogP) is 3.13. The summed E-state index contributed by atoms with van der Waals surface area (Å²) in [4.78, 5) is 21.8. The number of nitrogens with two attached hydrogens (primary N) is 1. The third-order valence-electron chi connectivity index (χ3n) is 2.74. The Labute approximate surface area is 127 Å². The van der Waals surface area contributed by atoms with Gasteiger partial charge in [-0.1, -0.05) is 0 Å². The number of aromatic carboxylic acids is 1. The lowest BCUT2D eigenvalue weighted by Crippen LogP contribution is -2.11.